The minimum absolute atomic E-state index is 0.0378. The standard InChI is InChI=1S/C29H32O4/c1-18(2)21-17-20-12-13-22-28(3,4)23(15-16-29(22,5)25(20)27(32)26(21)31)33-24(30)14-11-19-9-7-6-8-10-19/h6-14,17-18,23,32H,15-16H2,1-5H3/b14-11+/t23-,29-/m0/s1. The first-order chi connectivity index (χ1) is 15.6. The number of hydrogen-bond acceptors (Lipinski definition) is 4. The van der Waals surface area contributed by atoms with Gasteiger partial charge in [-0.2, -0.15) is 0 Å². The fourth-order valence-electron chi connectivity index (χ4n) is 5.58. The minimum atomic E-state index is -0.491. The number of allylic oxidation sites excluding steroid dienone is 6. The molecule has 0 amide bonds. The van der Waals surface area contributed by atoms with Gasteiger partial charge in [0.15, 0.2) is 5.76 Å². The lowest BCUT2D eigenvalue weighted by Crippen LogP contribution is -2.48. The van der Waals surface area contributed by atoms with Crippen molar-refractivity contribution in [3.05, 3.63) is 88.3 Å². The van der Waals surface area contributed by atoms with Gasteiger partial charge in [0.25, 0.3) is 0 Å². The molecule has 1 aromatic carbocycles. The van der Waals surface area contributed by atoms with E-state index in [1.54, 1.807) is 6.08 Å². The van der Waals surface area contributed by atoms with Gasteiger partial charge in [0.05, 0.1) is 0 Å². The number of ether oxygens (including phenoxy) is 1. The number of rotatable bonds is 4. The molecule has 4 rings (SSSR count). The Hall–Kier alpha value is -3.14. The number of aliphatic hydroxyl groups is 1. The number of aliphatic hydroxyl groups excluding tert-OH is 1. The van der Waals surface area contributed by atoms with Crippen molar-refractivity contribution in [3.8, 4) is 0 Å². The minimum Gasteiger partial charge on any atom is -0.504 e. The van der Waals surface area contributed by atoms with Crippen LogP contribution in [-0.4, -0.2) is 23.0 Å². The number of hydrogen-bond donors (Lipinski definition) is 1. The Balaban J connectivity index is 1.63. The summed E-state index contributed by atoms with van der Waals surface area (Å²) in [5.41, 5.74) is 3.31. The Morgan fingerprint density at radius 2 is 1.85 bits per heavy atom. The molecule has 0 saturated heterocycles. The molecule has 3 aliphatic rings. The van der Waals surface area contributed by atoms with Crippen LogP contribution in [0.4, 0.5) is 0 Å². The fourth-order valence-corrected chi connectivity index (χ4v) is 5.58. The zero-order valence-corrected chi connectivity index (χ0v) is 20.0. The fraction of sp³-hybridized carbons (Fsp3) is 0.379. The van der Waals surface area contributed by atoms with Crippen molar-refractivity contribution in [1.82, 2.24) is 0 Å². The van der Waals surface area contributed by atoms with Crippen molar-refractivity contribution >= 4 is 17.8 Å². The summed E-state index contributed by atoms with van der Waals surface area (Å²) >= 11 is 0. The second kappa shape index (κ2) is 8.33. The maximum absolute atomic E-state index is 12.9. The monoisotopic (exact) mass is 444 g/mol. The predicted octanol–water partition coefficient (Wildman–Crippen LogP) is 6.28. The second-order valence-electron chi connectivity index (χ2n) is 10.3. The van der Waals surface area contributed by atoms with Crippen LogP contribution in [0.1, 0.15) is 53.0 Å². The Morgan fingerprint density at radius 3 is 2.52 bits per heavy atom. The summed E-state index contributed by atoms with van der Waals surface area (Å²) in [6, 6.07) is 9.64. The van der Waals surface area contributed by atoms with E-state index in [2.05, 4.69) is 26.8 Å². The molecular weight excluding hydrogens is 412 g/mol. The summed E-state index contributed by atoms with van der Waals surface area (Å²) < 4.78 is 5.91. The van der Waals surface area contributed by atoms with Gasteiger partial charge >= 0.3 is 5.97 Å². The van der Waals surface area contributed by atoms with Gasteiger partial charge in [-0.15, -0.1) is 0 Å². The van der Waals surface area contributed by atoms with Gasteiger partial charge in [0, 0.05) is 28.1 Å². The van der Waals surface area contributed by atoms with Gasteiger partial charge in [-0.25, -0.2) is 4.79 Å². The maximum atomic E-state index is 12.9. The van der Waals surface area contributed by atoms with Crippen LogP contribution in [-0.2, 0) is 14.3 Å². The summed E-state index contributed by atoms with van der Waals surface area (Å²) in [5, 5.41) is 11.0. The van der Waals surface area contributed by atoms with Crippen molar-refractivity contribution in [2.45, 2.75) is 53.6 Å². The summed E-state index contributed by atoms with van der Waals surface area (Å²) in [6.07, 6.45) is 10.2. The second-order valence-corrected chi connectivity index (χ2v) is 10.3. The number of benzene rings is 1. The lowest BCUT2D eigenvalue weighted by Gasteiger charge is -2.52. The first-order valence-corrected chi connectivity index (χ1v) is 11.6. The Kier molecular flexibility index (Phi) is 5.81. The first kappa shape index (κ1) is 23.0. The molecule has 0 bridgehead atoms. The van der Waals surface area contributed by atoms with Crippen LogP contribution in [0.25, 0.3) is 6.08 Å². The topological polar surface area (TPSA) is 63.6 Å². The molecule has 0 aliphatic heterocycles. The maximum Gasteiger partial charge on any atom is 0.331 e. The van der Waals surface area contributed by atoms with E-state index in [1.807, 2.05) is 56.3 Å². The molecular formula is C29H32O4. The van der Waals surface area contributed by atoms with Crippen LogP contribution in [0.15, 0.2) is 82.7 Å². The average Bonchev–Trinajstić information content (AvgIpc) is 2.77. The van der Waals surface area contributed by atoms with E-state index in [1.165, 1.54) is 6.08 Å². The normalized spacial score (nSPS) is 26.4. The molecule has 0 heterocycles. The highest BCUT2D eigenvalue weighted by Gasteiger charge is 2.53. The third kappa shape index (κ3) is 3.92. The third-order valence-corrected chi connectivity index (χ3v) is 7.39. The van der Waals surface area contributed by atoms with Gasteiger partial charge in [0.1, 0.15) is 6.10 Å². The Morgan fingerprint density at radius 1 is 1.15 bits per heavy atom. The molecule has 3 aliphatic carbocycles. The molecule has 4 heteroatoms. The van der Waals surface area contributed by atoms with E-state index < -0.39 is 10.8 Å². The molecule has 0 unspecified atom stereocenters. The van der Waals surface area contributed by atoms with Crippen LogP contribution < -0.4 is 0 Å². The van der Waals surface area contributed by atoms with Gasteiger partial charge in [0.2, 0.25) is 5.78 Å². The highest BCUT2D eigenvalue weighted by molar-refractivity contribution is 6.10. The van der Waals surface area contributed by atoms with Crippen molar-refractivity contribution in [2.75, 3.05) is 0 Å². The van der Waals surface area contributed by atoms with E-state index in [4.69, 9.17) is 4.74 Å². The van der Waals surface area contributed by atoms with Gasteiger partial charge in [-0.05, 0) is 42.0 Å². The van der Waals surface area contributed by atoms with Crippen LogP contribution in [0.2, 0.25) is 0 Å². The van der Waals surface area contributed by atoms with Crippen LogP contribution in [0, 0.1) is 16.7 Å². The van der Waals surface area contributed by atoms with E-state index >= 15 is 0 Å². The van der Waals surface area contributed by atoms with Gasteiger partial charge in [-0.1, -0.05) is 82.7 Å². The molecule has 0 spiro atoms. The number of ketones is 1. The molecule has 4 nitrogen and oxygen atoms in total. The van der Waals surface area contributed by atoms with E-state index in [-0.39, 0.29) is 29.5 Å². The summed E-state index contributed by atoms with van der Waals surface area (Å²) in [6.45, 7) is 10.2. The zero-order valence-electron chi connectivity index (χ0n) is 20.0. The summed E-state index contributed by atoms with van der Waals surface area (Å²) in [5.74, 6) is -0.752. The number of carbonyl (C=O) groups is 2. The van der Waals surface area contributed by atoms with Crippen LogP contribution in [0.3, 0.4) is 0 Å². The molecule has 0 aromatic heterocycles. The Bertz CT molecular complexity index is 1140. The Labute approximate surface area is 196 Å². The quantitative estimate of drug-likeness (QED) is 0.438. The van der Waals surface area contributed by atoms with Gasteiger partial charge in [-0.3, -0.25) is 4.79 Å². The zero-order chi connectivity index (χ0) is 24.0. The van der Waals surface area contributed by atoms with E-state index in [0.717, 1.165) is 16.7 Å². The van der Waals surface area contributed by atoms with Crippen LogP contribution >= 0.6 is 0 Å². The molecule has 172 valence electrons. The van der Waals surface area contributed by atoms with Crippen molar-refractivity contribution < 1.29 is 19.4 Å². The number of Topliss-reactive ketones (excluding diaryl/α,β-unsaturated/α-hetero) is 1. The molecule has 2 atom stereocenters. The average molecular weight is 445 g/mol. The number of fused-ring (bicyclic) bond motifs is 3. The van der Waals surface area contributed by atoms with Crippen molar-refractivity contribution in [1.29, 1.82) is 0 Å². The molecule has 33 heavy (non-hydrogen) atoms. The predicted molar refractivity (Wildman–Crippen MR) is 130 cm³/mol. The highest BCUT2D eigenvalue weighted by Crippen LogP contribution is 2.59. The third-order valence-electron chi connectivity index (χ3n) is 7.39. The summed E-state index contributed by atoms with van der Waals surface area (Å²) in [4.78, 5) is 25.5. The van der Waals surface area contributed by atoms with Crippen LogP contribution in [0.5, 0.6) is 0 Å². The largest absolute Gasteiger partial charge is 0.504 e. The highest BCUT2D eigenvalue weighted by atomic mass is 16.5. The lowest BCUT2D eigenvalue weighted by atomic mass is 9.53. The molecule has 1 aromatic rings. The van der Waals surface area contributed by atoms with Gasteiger partial charge < -0.3 is 9.84 Å². The first-order valence-electron chi connectivity index (χ1n) is 11.6. The molecule has 1 fully saturated rings. The smallest absolute Gasteiger partial charge is 0.331 e. The number of carbonyl (C=O) groups excluding carboxylic acids is 2. The number of esters is 1. The summed E-state index contributed by atoms with van der Waals surface area (Å²) in [7, 11) is 0. The molecule has 1 saturated carbocycles. The molecule has 1 N–H and O–H groups in total. The van der Waals surface area contributed by atoms with Crippen molar-refractivity contribution in [2.24, 2.45) is 16.7 Å². The lowest BCUT2D eigenvalue weighted by molar-refractivity contribution is -0.150. The SMILES string of the molecule is CC(C)C1=CC2=CC=C3C(C)(C)[C@@H](OC(=O)/C=C/c4ccccc4)CC[C@]3(C)C2=C(O)C1=O. The van der Waals surface area contributed by atoms with E-state index in [9.17, 15) is 14.7 Å². The van der Waals surface area contributed by atoms with Crippen molar-refractivity contribution in [3.63, 3.8) is 0 Å². The molecule has 0 radical (unpaired) electrons. The van der Waals surface area contributed by atoms with E-state index in [0.29, 0.717) is 24.0 Å².